The summed E-state index contributed by atoms with van der Waals surface area (Å²) in [6.07, 6.45) is 0. The Bertz CT molecular complexity index is 1380. The number of aromatic nitrogens is 5. The number of Topliss-reactive ketones (excluding diaryl/α,β-unsaturated/α-hetero) is 1. The summed E-state index contributed by atoms with van der Waals surface area (Å²) >= 11 is 0. The second kappa shape index (κ2) is 8.68. The second-order valence-corrected chi connectivity index (χ2v) is 6.73. The first kappa shape index (κ1) is 20.7. The number of anilines is 1. The molecular formula is C21H18N6O5. The molecule has 0 aliphatic rings. The van der Waals surface area contributed by atoms with Gasteiger partial charge >= 0.3 is 5.97 Å². The average Bonchev–Trinajstić information content (AvgIpc) is 3.27. The fourth-order valence-corrected chi connectivity index (χ4v) is 3.13. The molecule has 0 saturated heterocycles. The quantitative estimate of drug-likeness (QED) is 0.303. The number of rotatable bonds is 8. The first-order valence-corrected chi connectivity index (χ1v) is 9.65. The van der Waals surface area contributed by atoms with Crippen molar-refractivity contribution in [3.05, 3.63) is 52.8 Å². The number of H-pyrrole nitrogens is 2. The van der Waals surface area contributed by atoms with Crippen molar-refractivity contribution in [1.82, 2.24) is 25.4 Å². The van der Waals surface area contributed by atoms with Crippen molar-refractivity contribution >= 4 is 28.6 Å². The van der Waals surface area contributed by atoms with Crippen LogP contribution in [0.5, 0.6) is 5.75 Å². The molecule has 0 atom stereocenters. The molecule has 162 valence electrons. The number of nitrogens with zero attached hydrogens (tertiary/aromatic N) is 3. The number of benzene rings is 2. The lowest BCUT2D eigenvalue weighted by Gasteiger charge is -2.13. The van der Waals surface area contributed by atoms with Crippen molar-refractivity contribution in [1.29, 1.82) is 0 Å². The van der Waals surface area contributed by atoms with Crippen LogP contribution in [-0.2, 0) is 9.59 Å². The molecule has 4 aromatic rings. The van der Waals surface area contributed by atoms with Crippen LogP contribution >= 0.6 is 0 Å². The van der Waals surface area contributed by atoms with Gasteiger partial charge in [0.05, 0.1) is 18.7 Å². The maximum atomic E-state index is 12.3. The van der Waals surface area contributed by atoms with Crippen LogP contribution in [0.4, 0.5) is 5.69 Å². The topological polar surface area (TPSA) is 163 Å². The molecular weight excluding hydrogens is 416 g/mol. The summed E-state index contributed by atoms with van der Waals surface area (Å²) in [6.45, 7) is 1.93. The number of fused-ring (bicyclic) bond motifs is 1. The van der Waals surface area contributed by atoms with Crippen molar-refractivity contribution in [3.8, 4) is 28.3 Å². The normalized spacial score (nSPS) is 10.8. The maximum absolute atomic E-state index is 12.3. The summed E-state index contributed by atoms with van der Waals surface area (Å²) in [5, 5.41) is 21.4. The van der Waals surface area contributed by atoms with E-state index < -0.39 is 17.3 Å². The van der Waals surface area contributed by atoms with Crippen LogP contribution in [0.25, 0.3) is 33.7 Å². The number of ether oxygens (including phenoxy) is 1. The number of carbonyl (C=O) groups excluding carboxylic acids is 1. The summed E-state index contributed by atoms with van der Waals surface area (Å²) in [6, 6.07) is 12.6. The van der Waals surface area contributed by atoms with Gasteiger partial charge in [0.1, 0.15) is 11.6 Å². The van der Waals surface area contributed by atoms with Crippen LogP contribution in [0.2, 0.25) is 0 Å². The molecule has 0 amide bonds. The molecule has 0 fully saturated rings. The molecule has 0 spiro atoms. The third-order valence-electron chi connectivity index (χ3n) is 4.62. The molecule has 4 N–H and O–H groups in total. The molecule has 0 aliphatic carbocycles. The SMILES string of the molecule is CCOc1cc(-c2cccc(NCC(=O)C(=O)O)c2)ccc1-c1nc2[nH]nnc2c(=O)[nH]1. The van der Waals surface area contributed by atoms with Crippen molar-refractivity contribution in [2.24, 2.45) is 0 Å². The highest BCUT2D eigenvalue weighted by atomic mass is 16.5. The zero-order valence-corrected chi connectivity index (χ0v) is 16.9. The number of ketones is 1. The molecule has 2 aromatic heterocycles. The minimum Gasteiger partial charge on any atom is -0.493 e. The van der Waals surface area contributed by atoms with Crippen LogP contribution in [0.1, 0.15) is 6.92 Å². The number of aliphatic carboxylic acids is 1. The van der Waals surface area contributed by atoms with E-state index >= 15 is 0 Å². The van der Waals surface area contributed by atoms with Gasteiger partial charge in [-0.1, -0.05) is 23.4 Å². The highest BCUT2D eigenvalue weighted by Gasteiger charge is 2.15. The molecule has 0 bridgehead atoms. The molecule has 11 nitrogen and oxygen atoms in total. The minimum atomic E-state index is -1.48. The van der Waals surface area contributed by atoms with Gasteiger partial charge in [-0.2, -0.15) is 0 Å². The van der Waals surface area contributed by atoms with E-state index in [1.807, 2.05) is 25.1 Å². The fraction of sp³-hybridized carbons (Fsp3) is 0.143. The number of aromatic amines is 2. The van der Waals surface area contributed by atoms with Gasteiger partial charge in [0.2, 0.25) is 0 Å². The van der Waals surface area contributed by atoms with Gasteiger partial charge in [-0.15, -0.1) is 5.10 Å². The van der Waals surface area contributed by atoms with E-state index in [0.29, 0.717) is 29.4 Å². The Kier molecular flexibility index (Phi) is 5.62. The number of hydrogen-bond acceptors (Lipinski definition) is 8. The summed E-state index contributed by atoms with van der Waals surface area (Å²) in [5.41, 5.74) is 2.80. The van der Waals surface area contributed by atoms with E-state index in [9.17, 15) is 14.4 Å². The Morgan fingerprint density at radius 3 is 2.75 bits per heavy atom. The third-order valence-corrected chi connectivity index (χ3v) is 4.62. The Labute approximate surface area is 180 Å². The van der Waals surface area contributed by atoms with Crippen molar-refractivity contribution in [2.45, 2.75) is 6.92 Å². The van der Waals surface area contributed by atoms with Crippen LogP contribution in [0, 0.1) is 0 Å². The predicted octanol–water partition coefficient (Wildman–Crippen LogP) is 1.84. The molecule has 0 radical (unpaired) electrons. The van der Waals surface area contributed by atoms with E-state index in [1.165, 1.54) is 0 Å². The predicted molar refractivity (Wildman–Crippen MR) is 115 cm³/mol. The Balaban J connectivity index is 1.68. The monoisotopic (exact) mass is 434 g/mol. The van der Waals surface area contributed by atoms with E-state index in [-0.39, 0.29) is 17.7 Å². The highest BCUT2D eigenvalue weighted by Crippen LogP contribution is 2.33. The summed E-state index contributed by atoms with van der Waals surface area (Å²) in [4.78, 5) is 41.3. The van der Waals surface area contributed by atoms with Gasteiger partial charge in [-0.25, -0.2) is 14.9 Å². The van der Waals surface area contributed by atoms with Crippen LogP contribution in [-0.4, -0.2) is 55.4 Å². The van der Waals surface area contributed by atoms with Crippen LogP contribution in [0.3, 0.4) is 0 Å². The lowest BCUT2D eigenvalue weighted by atomic mass is 10.0. The number of carboxylic acids is 1. The zero-order valence-electron chi connectivity index (χ0n) is 16.9. The third kappa shape index (κ3) is 4.17. The second-order valence-electron chi connectivity index (χ2n) is 6.73. The van der Waals surface area contributed by atoms with Gasteiger partial charge in [0, 0.05) is 5.69 Å². The van der Waals surface area contributed by atoms with Crippen molar-refractivity contribution < 1.29 is 19.4 Å². The first-order chi connectivity index (χ1) is 15.5. The van der Waals surface area contributed by atoms with E-state index in [0.717, 1.165) is 11.1 Å². The average molecular weight is 434 g/mol. The Morgan fingerprint density at radius 1 is 1.16 bits per heavy atom. The molecule has 32 heavy (non-hydrogen) atoms. The van der Waals surface area contributed by atoms with Gasteiger partial charge in [0.25, 0.3) is 11.3 Å². The molecule has 4 rings (SSSR count). The number of hydrogen-bond donors (Lipinski definition) is 4. The molecule has 0 saturated carbocycles. The number of carbonyl (C=O) groups is 2. The number of nitrogens with one attached hydrogen (secondary N) is 3. The fourth-order valence-electron chi connectivity index (χ4n) is 3.13. The van der Waals surface area contributed by atoms with Crippen molar-refractivity contribution in [3.63, 3.8) is 0 Å². The molecule has 0 unspecified atom stereocenters. The van der Waals surface area contributed by atoms with Gasteiger partial charge in [-0.3, -0.25) is 9.59 Å². The number of carboxylic acid groups (broad SMARTS) is 1. The highest BCUT2D eigenvalue weighted by molar-refractivity contribution is 6.34. The van der Waals surface area contributed by atoms with Crippen LogP contribution < -0.4 is 15.6 Å². The Hall–Kier alpha value is -4.54. The minimum absolute atomic E-state index is 0.119. The summed E-state index contributed by atoms with van der Waals surface area (Å²) in [5.74, 6) is -1.59. The Morgan fingerprint density at radius 2 is 1.97 bits per heavy atom. The first-order valence-electron chi connectivity index (χ1n) is 9.65. The van der Waals surface area contributed by atoms with Gasteiger partial charge in [0.15, 0.2) is 11.2 Å². The van der Waals surface area contributed by atoms with E-state index in [2.05, 4.69) is 30.7 Å². The smallest absolute Gasteiger partial charge is 0.374 e. The molecule has 0 aliphatic heterocycles. The summed E-state index contributed by atoms with van der Waals surface area (Å²) in [7, 11) is 0. The lowest BCUT2D eigenvalue weighted by molar-refractivity contribution is -0.148. The molecule has 2 aromatic carbocycles. The van der Waals surface area contributed by atoms with Gasteiger partial charge < -0.3 is 20.1 Å². The lowest BCUT2D eigenvalue weighted by Crippen LogP contribution is -2.22. The van der Waals surface area contributed by atoms with E-state index in [1.54, 1.807) is 24.3 Å². The maximum Gasteiger partial charge on any atom is 0.374 e. The standard InChI is InChI=1S/C21H18N6O5/c1-2-32-16-9-12(11-4-3-5-13(8-11)22-10-15(28)21(30)31)6-7-14(16)18-23-19-17(20(29)24-18)25-27-26-19/h3-9,22H,2,10H2,1H3,(H,30,31)(H2,23,24,25,26,27,29). The zero-order chi connectivity index (χ0) is 22.7. The molecule has 2 heterocycles. The van der Waals surface area contributed by atoms with Gasteiger partial charge in [-0.05, 0) is 42.3 Å². The largest absolute Gasteiger partial charge is 0.493 e. The van der Waals surface area contributed by atoms with Crippen LogP contribution in [0.15, 0.2) is 47.3 Å². The van der Waals surface area contributed by atoms with Crippen molar-refractivity contribution in [2.75, 3.05) is 18.5 Å². The molecule has 11 heteroatoms. The summed E-state index contributed by atoms with van der Waals surface area (Å²) < 4.78 is 5.79. The van der Waals surface area contributed by atoms with E-state index in [4.69, 9.17) is 9.84 Å².